The smallest absolute Gasteiger partial charge is 0.133 e. The van der Waals surface area contributed by atoms with E-state index in [0.29, 0.717) is 17.2 Å². The van der Waals surface area contributed by atoms with E-state index in [2.05, 4.69) is 20.9 Å². The Balaban J connectivity index is 1.92. The summed E-state index contributed by atoms with van der Waals surface area (Å²) >= 11 is 4.77. The van der Waals surface area contributed by atoms with Crippen molar-refractivity contribution >= 4 is 27.3 Å². The Kier molecular flexibility index (Phi) is 3.21. The van der Waals surface area contributed by atoms with Gasteiger partial charge in [-0.15, -0.1) is 11.3 Å². The molecule has 18 heavy (non-hydrogen) atoms. The van der Waals surface area contributed by atoms with E-state index in [1.165, 1.54) is 30.2 Å². The van der Waals surface area contributed by atoms with Crippen molar-refractivity contribution in [3.05, 3.63) is 38.9 Å². The second-order valence-electron chi connectivity index (χ2n) is 4.56. The van der Waals surface area contributed by atoms with E-state index in [1.807, 2.05) is 11.4 Å². The molecule has 1 unspecified atom stereocenters. The molecule has 1 aliphatic rings. The zero-order valence-electron chi connectivity index (χ0n) is 9.57. The van der Waals surface area contributed by atoms with Gasteiger partial charge < -0.3 is 5.73 Å². The first kappa shape index (κ1) is 12.3. The number of thiazole rings is 1. The van der Waals surface area contributed by atoms with E-state index < -0.39 is 0 Å². The Morgan fingerprint density at radius 2 is 2.22 bits per heavy atom. The van der Waals surface area contributed by atoms with Gasteiger partial charge in [-0.25, -0.2) is 9.37 Å². The van der Waals surface area contributed by atoms with Crippen LogP contribution in [0.15, 0.2) is 28.1 Å². The summed E-state index contributed by atoms with van der Waals surface area (Å²) in [6.07, 6.45) is 2.37. The maximum atomic E-state index is 13.8. The van der Waals surface area contributed by atoms with Crippen LogP contribution in [0.1, 0.15) is 23.9 Å². The lowest BCUT2D eigenvalue weighted by Crippen LogP contribution is -2.11. The fraction of sp³-hybridized carbons (Fsp3) is 0.308. The highest BCUT2D eigenvalue weighted by molar-refractivity contribution is 9.10. The molecule has 1 aromatic heterocycles. The molecule has 1 aromatic carbocycles. The molecule has 1 heterocycles. The van der Waals surface area contributed by atoms with Gasteiger partial charge in [-0.05, 0) is 37.0 Å². The van der Waals surface area contributed by atoms with Gasteiger partial charge in [0.2, 0.25) is 0 Å². The van der Waals surface area contributed by atoms with Crippen molar-refractivity contribution in [2.24, 2.45) is 11.7 Å². The lowest BCUT2D eigenvalue weighted by Gasteiger charge is -2.05. The normalized spacial score (nSPS) is 16.8. The summed E-state index contributed by atoms with van der Waals surface area (Å²) in [5.74, 6) is 0.306. The summed E-state index contributed by atoms with van der Waals surface area (Å²) in [5.41, 5.74) is 7.31. The summed E-state index contributed by atoms with van der Waals surface area (Å²) in [6, 6.07) is 5.02. The van der Waals surface area contributed by atoms with Crippen molar-refractivity contribution in [2.75, 3.05) is 0 Å². The highest BCUT2D eigenvalue weighted by atomic mass is 79.9. The topological polar surface area (TPSA) is 38.9 Å². The second-order valence-corrected chi connectivity index (χ2v) is 6.36. The van der Waals surface area contributed by atoms with Crippen LogP contribution in [0, 0.1) is 11.7 Å². The molecule has 0 aliphatic heterocycles. The molecule has 2 aromatic rings. The zero-order valence-corrected chi connectivity index (χ0v) is 12.0. The summed E-state index contributed by atoms with van der Waals surface area (Å²) in [6.45, 7) is 0. The van der Waals surface area contributed by atoms with Gasteiger partial charge in [0.15, 0.2) is 0 Å². The number of aromatic nitrogens is 1. The van der Waals surface area contributed by atoms with Gasteiger partial charge in [0, 0.05) is 15.4 Å². The first-order chi connectivity index (χ1) is 8.65. The largest absolute Gasteiger partial charge is 0.322 e. The standard InChI is InChI=1S/C13H12BrFN2S/c14-8-3-4-9(10(15)5-8)11-6-18-13(17-11)12(16)7-1-2-7/h3-7,12H,1-2,16H2. The Bertz CT molecular complexity index is 580. The summed E-state index contributed by atoms with van der Waals surface area (Å²) in [4.78, 5) is 4.47. The van der Waals surface area contributed by atoms with Crippen LogP contribution in [0.3, 0.4) is 0 Å². The Morgan fingerprint density at radius 3 is 2.89 bits per heavy atom. The third-order valence-electron chi connectivity index (χ3n) is 3.14. The van der Waals surface area contributed by atoms with Crippen LogP contribution < -0.4 is 5.73 Å². The van der Waals surface area contributed by atoms with Gasteiger partial charge in [0.25, 0.3) is 0 Å². The fourth-order valence-corrected chi connectivity index (χ4v) is 3.16. The van der Waals surface area contributed by atoms with Crippen molar-refractivity contribution in [3.8, 4) is 11.3 Å². The van der Waals surface area contributed by atoms with E-state index in [4.69, 9.17) is 5.73 Å². The van der Waals surface area contributed by atoms with Gasteiger partial charge in [0.05, 0.1) is 11.7 Å². The highest BCUT2D eigenvalue weighted by Crippen LogP contribution is 2.41. The van der Waals surface area contributed by atoms with Crippen LogP contribution in [0.5, 0.6) is 0 Å². The Hall–Kier alpha value is -0.780. The predicted octanol–water partition coefficient (Wildman–Crippen LogP) is 4.12. The minimum atomic E-state index is -0.263. The van der Waals surface area contributed by atoms with Gasteiger partial charge in [-0.2, -0.15) is 0 Å². The van der Waals surface area contributed by atoms with Crippen LogP contribution in [0.4, 0.5) is 4.39 Å². The SMILES string of the molecule is NC(c1nc(-c2ccc(Br)cc2F)cs1)C1CC1. The maximum absolute atomic E-state index is 13.8. The third kappa shape index (κ3) is 2.35. The average Bonchev–Trinajstić information content (AvgIpc) is 3.07. The molecule has 2 nitrogen and oxygen atoms in total. The van der Waals surface area contributed by atoms with Crippen LogP contribution in [0.2, 0.25) is 0 Å². The number of hydrogen-bond acceptors (Lipinski definition) is 3. The van der Waals surface area contributed by atoms with Crippen molar-refractivity contribution in [3.63, 3.8) is 0 Å². The summed E-state index contributed by atoms with van der Waals surface area (Å²) < 4.78 is 14.6. The molecule has 0 bridgehead atoms. The minimum absolute atomic E-state index is 0.0160. The Labute approximate surface area is 117 Å². The molecule has 5 heteroatoms. The molecular formula is C13H12BrFN2S. The van der Waals surface area contributed by atoms with E-state index in [-0.39, 0.29) is 11.9 Å². The van der Waals surface area contributed by atoms with Gasteiger partial charge in [0.1, 0.15) is 10.8 Å². The number of rotatable bonds is 3. The number of halogens is 2. The highest BCUT2D eigenvalue weighted by Gasteiger charge is 2.31. The molecule has 0 radical (unpaired) electrons. The summed E-state index contributed by atoms with van der Waals surface area (Å²) in [5, 5.41) is 2.79. The van der Waals surface area contributed by atoms with E-state index in [0.717, 1.165) is 9.48 Å². The van der Waals surface area contributed by atoms with Gasteiger partial charge >= 0.3 is 0 Å². The number of hydrogen-bond donors (Lipinski definition) is 1. The molecule has 3 rings (SSSR count). The summed E-state index contributed by atoms with van der Waals surface area (Å²) in [7, 11) is 0. The first-order valence-corrected chi connectivity index (χ1v) is 7.49. The van der Waals surface area contributed by atoms with Crippen molar-refractivity contribution in [1.82, 2.24) is 4.98 Å². The number of nitrogens with two attached hydrogens (primary N) is 1. The van der Waals surface area contributed by atoms with Crippen molar-refractivity contribution in [1.29, 1.82) is 0 Å². The van der Waals surface area contributed by atoms with Crippen LogP contribution >= 0.6 is 27.3 Å². The molecule has 1 fully saturated rings. The quantitative estimate of drug-likeness (QED) is 0.921. The van der Waals surface area contributed by atoms with E-state index in [9.17, 15) is 4.39 Å². The van der Waals surface area contributed by atoms with Crippen molar-refractivity contribution < 1.29 is 4.39 Å². The second kappa shape index (κ2) is 4.72. The minimum Gasteiger partial charge on any atom is -0.322 e. The lowest BCUT2D eigenvalue weighted by molar-refractivity contribution is 0.624. The predicted molar refractivity (Wildman–Crippen MR) is 74.9 cm³/mol. The molecule has 0 amide bonds. The Morgan fingerprint density at radius 1 is 1.44 bits per heavy atom. The first-order valence-electron chi connectivity index (χ1n) is 5.81. The monoisotopic (exact) mass is 326 g/mol. The fourth-order valence-electron chi connectivity index (χ4n) is 1.92. The molecular weight excluding hydrogens is 315 g/mol. The van der Waals surface area contributed by atoms with E-state index >= 15 is 0 Å². The lowest BCUT2D eigenvalue weighted by atomic mass is 10.1. The molecule has 2 N–H and O–H groups in total. The van der Waals surface area contributed by atoms with Crippen molar-refractivity contribution in [2.45, 2.75) is 18.9 Å². The molecule has 1 saturated carbocycles. The molecule has 94 valence electrons. The molecule has 1 atom stereocenters. The third-order valence-corrected chi connectivity index (χ3v) is 4.58. The number of nitrogens with zero attached hydrogens (tertiary/aromatic N) is 1. The molecule has 0 saturated heterocycles. The average molecular weight is 327 g/mol. The van der Waals surface area contributed by atoms with Gasteiger partial charge in [-0.3, -0.25) is 0 Å². The van der Waals surface area contributed by atoms with Crippen LogP contribution in [0.25, 0.3) is 11.3 Å². The zero-order chi connectivity index (χ0) is 12.7. The van der Waals surface area contributed by atoms with Crippen LogP contribution in [-0.4, -0.2) is 4.98 Å². The molecule has 0 spiro atoms. The number of benzene rings is 1. The molecule has 1 aliphatic carbocycles. The van der Waals surface area contributed by atoms with E-state index in [1.54, 1.807) is 6.07 Å². The maximum Gasteiger partial charge on any atom is 0.133 e. The van der Waals surface area contributed by atoms with Crippen LogP contribution in [-0.2, 0) is 0 Å². The van der Waals surface area contributed by atoms with Gasteiger partial charge in [-0.1, -0.05) is 15.9 Å².